The second-order valence-corrected chi connectivity index (χ2v) is 6.83. The molecule has 0 aliphatic carbocycles. The van der Waals surface area contributed by atoms with Crippen molar-refractivity contribution in [2.24, 2.45) is 0 Å². The van der Waals surface area contributed by atoms with Gasteiger partial charge >= 0.3 is 6.03 Å². The van der Waals surface area contributed by atoms with Gasteiger partial charge in [-0.2, -0.15) is 4.98 Å². The summed E-state index contributed by atoms with van der Waals surface area (Å²) in [6.45, 7) is 0.604. The molecule has 0 spiro atoms. The molecule has 0 bridgehead atoms. The summed E-state index contributed by atoms with van der Waals surface area (Å²) in [4.78, 5) is 19.0. The molecule has 1 atom stereocenters. The largest absolute Gasteiger partial charge is 0.496 e. The summed E-state index contributed by atoms with van der Waals surface area (Å²) in [5.41, 5.74) is 1.31. The highest BCUT2D eigenvalue weighted by Crippen LogP contribution is 2.34. The van der Waals surface area contributed by atoms with Gasteiger partial charge in [0, 0.05) is 6.54 Å². The van der Waals surface area contributed by atoms with Crippen LogP contribution in [-0.2, 0) is 0 Å². The molecule has 4 rings (SSSR count). The van der Waals surface area contributed by atoms with Gasteiger partial charge in [0.15, 0.2) is 0 Å². The molecule has 1 aliphatic heterocycles. The zero-order valence-corrected chi connectivity index (χ0v) is 16.0. The van der Waals surface area contributed by atoms with Gasteiger partial charge in [0.05, 0.1) is 23.4 Å². The lowest BCUT2D eigenvalue weighted by Crippen LogP contribution is -2.34. The number of ether oxygens (including phenoxy) is 1. The van der Waals surface area contributed by atoms with Gasteiger partial charge in [0.1, 0.15) is 11.8 Å². The molecule has 3 aromatic rings. The highest BCUT2D eigenvalue weighted by atomic mass is 35.5. The zero-order chi connectivity index (χ0) is 19.5. The molecule has 144 valence electrons. The van der Waals surface area contributed by atoms with Gasteiger partial charge in [-0.15, -0.1) is 0 Å². The number of nitrogens with zero attached hydrogens (tertiary/aromatic N) is 3. The topological polar surface area (TPSA) is 80.5 Å². The van der Waals surface area contributed by atoms with Crippen LogP contribution < -0.4 is 10.1 Å². The predicted octanol–water partition coefficient (Wildman–Crippen LogP) is 4.77. The molecule has 2 heterocycles. The molecular formula is C20H19ClN4O3. The van der Waals surface area contributed by atoms with Crippen molar-refractivity contribution in [2.45, 2.75) is 18.9 Å². The Morgan fingerprint density at radius 3 is 2.86 bits per heavy atom. The molecule has 1 saturated heterocycles. The van der Waals surface area contributed by atoms with E-state index in [1.54, 1.807) is 24.1 Å². The van der Waals surface area contributed by atoms with Crippen molar-refractivity contribution >= 4 is 23.3 Å². The zero-order valence-electron chi connectivity index (χ0n) is 15.3. The normalized spacial score (nSPS) is 16.2. The molecule has 1 aliphatic rings. The Labute approximate surface area is 167 Å². The summed E-state index contributed by atoms with van der Waals surface area (Å²) in [6, 6.07) is 14.1. The first-order chi connectivity index (χ1) is 13.7. The SMILES string of the molecule is COc1ccccc1-c1noc([C@@H]2CCCN2C(=O)Nc2ccccc2Cl)n1. The third-order valence-electron chi connectivity index (χ3n) is 4.70. The maximum atomic E-state index is 12.8. The van der Waals surface area contributed by atoms with Crippen LogP contribution in [0.25, 0.3) is 11.4 Å². The number of nitrogens with one attached hydrogen (secondary N) is 1. The molecule has 7 nitrogen and oxygen atoms in total. The smallest absolute Gasteiger partial charge is 0.322 e. The van der Waals surface area contributed by atoms with Gasteiger partial charge in [-0.05, 0) is 37.1 Å². The number of likely N-dealkylation sites (tertiary alicyclic amines) is 1. The summed E-state index contributed by atoms with van der Waals surface area (Å²) in [6.07, 6.45) is 1.61. The van der Waals surface area contributed by atoms with Gasteiger partial charge in [0.2, 0.25) is 11.7 Å². The van der Waals surface area contributed by atoms with E-state index in [9.17, 15) is 4.79 Å². The average molecular weight is 399 g/mol. The van der Waals surface area contributed by atoms with Crippen LogP contribution in [0.2, 0.25) is 5.02 Å². The number of carbonyl (C=O) groups excluding carboxylic acids is 1. The maximum absolute atomic E-state index is 12.8. The molecule has 8 heteroatoms. The van der Waals surface area contributed by atoms with Crippen molar-refractivity contribution < 1.29 is 14.1 Å². The average Bonchev–Trinajstić information content (AvgIpc) is 3.39. The second-order valence-electron chi connectivity index (χ2n) is 6.42. The van der Waals surface area contributed by atoms with Crippen LogP contribution in [0.3, 0.4) is 0 Å². The standard InChI is InChI=1S/C20H19ClN4O3/c1-27-17-11-5-2-7-13(17)18-23-19(28-24-18)16-10-6-12-25(16)20(26)22-15-9-4-3-8-14(15)21/h2-5,7-9,11,16H,6,10,12H2,1H3,(H,22,26)/t16-/m0/s1. The van der Waals surface area contributed by atoms with E-state index >= 15 is 0 Å². The van der Waals surface area contributed by atoms with Crippen LogP contribution in [0.5, 0.6) is 5.75 Å². The van der Waals surface area contributed by atoms with E-state index in [4.69, 9.17) is 20.9 Å². The molecular weight excluding hydrogens is 380 g/mol. The number of methoxy groups -OCH3 is 1. The Balaban J connectivity index is 1.55. The Bertz CT molecular complexity index is 991. The van der Waals surface area contributed by atoms with Crippen LogP contribution in [-0.4, -0.2) is 34.7 Å². The first-order valence-corrected chi connectivity index (χ1v) is 9.34. The van der Waals surface area contributed by atoms with Crippen LogP contribution >= 0.6 is 11.6 Å². The first kappa shape index (κ1) is 18.3. The minimum absolute atomic E-state index is 0.243. The second kappa shape index (κ2) is 7.90. The van der Waals surface area contributed by atoms with Crippen LogP contribution in [0.15, 0.2) is 53.1 Å². The number of hydrogen-bond acceptors (Lipinski definition) is 5. The molecule has 0 radical (unpaired) electrons. The number of para-hydroxylation sites is 2. The van der Waals surface area contributed by atoms with E-state index in [-0.39, 0.29) is 12.1 Å². The van der Waals surface area contributed by atoms with Crippen molar-refractivity contribution in [1.29, 1.82) is 0 Å². The number of hydrogen-bond donors (Lipinski definition) is 1. The van der Waals surface area contributed by atoms with Crippen molar-refractivity contribution in [2.75, 3.05) is 19.0 Å². The lowest BCUT2D eigenvalue weighted by atomic mass is 10.2. The minimum atomic E-state index is -0.279. The van der Waals surface area contributed by atoms with Crippen molar-refractivity contribution in [3.8, 4) is 17.1 Å². The molecule has 0 saturated carbocycles. The van der Waals surface area contributed by atoms with Gasteiger partial charge in [0.25, 0.3) is 0 Å². The fourth-order valence-corrected chi connectivity index (χ4v) is 3.51. The van der Waals surface area contributed by atoms with Gasteiger partial charge in [-0.3, -0.25) is 0 Å². The number of anilines is 1. The molecule has 28 heavy (non-hydrogen) atoms. The number of amides is 2. The Morgan fingerprint density at radius 2 is 2.04 bits per heavy atom. The third kappa shape index (κ3) is 3.53. The van der Waals surface area contributed by atoms with E-state index in [0.717, 1.165) is 18.4 Å². The van der Waals surface area contributed by atoms with Crippen molar-refractivity contribution in [3.05, 3.63) is 59.4 Å². The Kier molecular flexibility index (Phi) is 5.16. The summed E-state index contributed by atoms with van der Waals surface area (Å²) in [5, 5.41) is 7.43. The van der Waals surface area contributed by atoms with Gasteiger partial charge in [-0.1, -0.05) is 41.0 Å². The first-order valence-electron chi connectivity index (χ1n) is 8.96. The number of benzene rings is 2. The summed E-state index contributed by atoms with van der Waals surface area (Å²) in [7, 11) is 1.59. The number of rotatable bonds is 4. The lowest BCUT2D eigenvalue weighted by molar-refractivity contribution is 0.193. The van der Waals surface area contributed by atoms with Gasteiger partial charge in [-0.25, -0.2) is 4.79 Å². The summed E-state index contributed by atoms with van der Waals surface area (Å²) >= 11 is 6.14. The Hall–Kier alpha value is -3.06. The number of halogens is 1. The molecule has 2 aromatic carbocycles. The quantitative estimate of drug-likeness (QED) is 0.684. The van der Waals surface area contributed by atoms with Crippen LogP contribution in [0.4, 0.5) is 10.5 Å². The predicted molar refractivity (Wildman–Crippen MR) is 105 cm³/mol. The number of carbonyl (C=O) groups is 1. The highest BCUT2D eigenvalue weighted by molar-refractivity contribution is 6.33. The molecule has 1 aromatic heterocycles. The van der Waals surface area contributed by atoms with E-state index in [1.807, 2.05) is 36.4 Å². The van der Waals surface area contributed by atoms with E-state index in [0.29, 0.717) is 34.7 Å². The van der Waals surface area contributed by atoms with Crippen LogP contribution in [0, 0.1) is 0 Å². The summed E-state index contributed by atoms with van der Waals surface area (Å²) < 4.78 is 10.9. The fraction of sp³-hybridized carbons (Fsp3) is 0.250. The molecule has 1 fully saturated rings. The van der Waals surface area contributed by atoms with Crippen molar-refractivity contribution in [3.63, 3.8) is 0 Å². The van der Waals surface area contributed by atoms with Crippen molar-refractivity contribution in [1.82, 2.24) is 15.0 Å². The van der Waals surface area contributed by atoms with Gasteiger partial charge < -0.3 is 19.5 Å². The number of urea groups is 1. The van der Waals surface area contributed by atoms with E-state index in [2.05, 4.69) is 15.5 Å². The Morgan fingerprint density at radius 1 is 1.25 bits per heavy atom. The fourth-order valence-electron chi connectivity index (χ4n) is 3.33. The minimum Gasteiger partial charge on any atom is -0.496 e. The number of aromatic nitrogens is 2. The maximum Gasteiger partial charge on any atom is 0.322 e. The third-order valence-corrected chi connectivity index (χ3v) is 5.03. The van der Waals surface area contributed by atoms with Crippen LogP contribution in [0.1, 0.15) is 24.8 Å². The highest BCUT2D eigenvalue weighted by Gasteiger charge is 2.34. The van der Waals surface area contributed by atoms with E-state index < -0.39 is 0 Å². The molecule has 0 unspecified atom stereocenters. The monoisotopic (exact) mass is 398 g/mol. The lowest BCUT2D eigenvalue weighted by Gasteiger charge is -2.22. The van der Waals surface area contributed by atoms with E-state index in [1.165, 1.54) is 0 Å². The molecule has 1 N–H and O–H groups in total. The summed E-state index contributed by atoms with van der Waals surface area (Å²) in [5.74, 6) is 1.51. The molecule has 2 amide bonds.